The Morgan fingerprint density at radius 2 is 1.30 bits per heavy atom. The van der Waals surface area contributed by atoms with Gasteiger partial charge in [-0.1, -0.05) is 98.9 Å². The van der Waals surface area contributed by atoms with Crippen LogP contribution in [0.1, 0.15) is 108 Å². The lowest BCUT2D eigenvalue weighted by Gasteiger charge is -2.47. The summed E-state index contributed by atoms with van der Waals surface area (Å²) in [6.07, 6.45) is 3.15. The Hall–Kier alpha value is -5.16. The molecule has 1 amide bonds. The van der Waals surface area contributed by atoms with Crippen molar-refractivity contribution in [1.82, 2.24) is 9.80 Å². The number of ketones is 2. The highest BCUT2D eigenvalue weighted by Crippen LogP contribution is 2.39. The number of aliphatic hydroxyl groups excluding tert-OH is 10. The summed E-state index contributed by atoms with van der Waals surface area (Å²) in [6, 6.07) is 5.76. The van der Waals surface area contributed by atoms with Crippen molar-refractivity contribution in [2.45, 2.75) is 195 Å². The fraction of sp³-hybridized carbons (Fsp3) is 0.631. The molecule has 1 aromatic rings. The number of carbonyl (C=O) groups is 4. The molecule has 19 atom stereocenters. The van der Waals surface area contributed by atoms with E-state index in [0.717, 1.165) is 5.69 Å². The molecule has 14 N–H and O–H groups in total. The molecule has 23 nitrogen and oxygen atoms in total. The van der Waals surface area contributed by atoms with Crippen molar-refractivity contribution in [3.63, 3.8) is 0 Å². The molecule has 4 heterocycles. The third kappa shape index (κ3) is 24.6. The van der Waals surface area contributed by atoms with Crippen molar-refractivity contribution in [3.8, 4) is 0 Å². The molecule has 0 aromatic heterocycles. The minimum Gasteiger partial charge on any atom is -0.461 e. The Kier molecular flexibility index (Phi) is 31.1. The van der Waals surface area contributed by atoms with Gasteiger partial charge in [0.1, 0.15) is 18.0 Å². The van der Waals surface area contributed by atoms with Crippen LogP contribution in [0.5, 0.6) is 0 Å². The number of cyclic esters (lactones) is 1. The van der Waals surface area contributed by atoms with Crippen LogP contribution < -0.4 is 11.1 Å². The van der Waals surface area contributed by atoms with E-state index in [-0.39, 0.29) is 69.4 Å². The highest BCUT2D eigenvalue weighted by atomic mass is 16.7. The number of anilines is 1. The summed E-state index contributed by atoms with van der Waals surface area (Å²) in [6.45, 7) is 7.05. The number of nitrogens with two attached hydrogens (primary N) is 1. The van der Waals surface area contributed by atoms with Crippen LogP contribution in [-0.4, -0.2) is 233 Å². The zero-order chi connectivity index (χ0) is 64.5. The largest absolute Gasteiger partial charge is 0.461 e. The summed E-state index contributed by atoms with van der Waals surface area (Å²) in [7, 11) is 1.77. The maximum atomic E-state index is 14.5. The number of hydrogen-bond acceptors (Lipinski definition) is 22. The van der Waals surface area contributed by atoms with E-state index < -0.39 is 160 Å². The summed E-state index contributed by atoms with van der Waals surface area (Å²) in [5.74, 6) is -6.38. The van der Waals surface area contributed by atoms with Crippen molar-refractivity contribution in [2.24, 2.45) is 23.5 Å². The van der Waals surface area contributed by atoms with Crippen LogP contribution in [0.4, 0.5) is 5.69 Å². The van der Waals surface area contributed by atoms with Gasteiger partial charge < -0.3 is 91.1 Å². The molecule has 1 aromatic carbocycles. The number of fused-ring (bicyclic) bond motifs is 2. The van der Waals surface area contributed by atoms with Gasteiger partial charge in [-0.05, 0) is 69.2 Å². The number of nitrogens with one attached hydrogen (secondary N) is 1. The van der Waals surface area contributed by atoms with E-state index in [1.54, 1.807) is 122 Å². The number of esters is 1. The second kappa shape index (κ2) is 37.2. The Bertz CT molecular complexity index is 2520. The lowest BCUT2D eigenvalue weighted by Crippen LogP contribution is -2.62. The quantitative estimate of drug-likeness (QED) is 0.0989. The van der Waals surface area contributed by atoms with E-state index in [4.69, 9.17) is 24.7 Å². The number of ether oxygens (including phenoxy) is 4. The van der Waals surface area contributed by atoms with E-state index in [0.29, 0.717) is 31.6 Å². The topological polar surface area (TPSA) is 372 Å². The molecule has 0 spiro atoms. The fourth-order valence-corrected chi connectivity index (χ4v) is 11.6. The molecule has 0 saturated carbocycles. The molecule has 23 heteroatoms. The number of allylic oxidation sites excluding steroid dienone is 12. The molecule has 2 bridgehead atoms. The lowest BCUT2D eigenvalue weighted by molar-refractivity contribution is -0.308. The maximum Gasteiger partial charge on any atom is 0.308 e. The summed E-state index contributed by atoms with van der Waals surface area (Å²) >= 11 is 0. The summed E-state index contributed by atoms with van der Waals surface area (Å²) in [4.78, 5) is 57.4. The number of rotatable bonds is 13. The number of benzene rings is 1. The van der Waals surface area contributed by atoms with Crippen LogP contribution >= 0.6 is 0 Å². The number of nitrogens with zero attached hydrogens (tertiary/aromatic N) is 2. The van der Waals surface area contributed by atoms with Crippen molar-refractivity contribution in [2.75, 3.05) is 51.7 Å². The van der Waals surface area contributed by atoms with Crippen molar-refractivity contribution < 1.29 is 94.3 Å². The summed E-state index contributed by atoms with van der Waals surface area (Å²) < 4.78 is 24.5. The van der Waals surface area contributed by atoms with Crippen LogP contribution in [0.3, 0.4) is 0 Å². The van der Waals surface area contributed by atoms with Crippen LogP contribution in [-0.2, 0) is 33.3 Å². The van der Waals surface area contributed by atoms with Crippen LogP contribution in [0, 0.1) is 17.8 Å². The zero-order valence-electron chi connectivity index (χ0n) is 51.2. The Balaban J connectivity index is 1.36. The van der Waals surface area contributed by atoms with Crippen LogP contribution in [0.15, 0.2) is 109 Å². The smallest absolute Gasteiger partial charge is 0.308 e. The summed E-state index contributed by atoms with van der Waals surface area (Å²) in [5.41, 5.74) is 7.47. The second-order valence-electron chi connectivity index (χ2n) is 24.0. The van der Waals surface area contributed by atoms with Gasteiger partial charge in [-0.2, -0.15) is 0 Å². The minimum absolute atomic E-state index is 0.0672. The van der Waals surface area contributed by atoms with E-state index in [1.165, 1.54) is 0 Å². The van der Waals surface area contributed by atoms with Crippen molar-refractivity contribution >= 4 is 29.1 Å². The number of Topliss-reactive ketones (excluding diaryl/α,β-unsaturated/α-hetero) is 2. The van der Waals surface area contributed by atoms with Crippen molar-refractivity contribution in [1.29, 1.82) is 0 Å². The first-order valence-corrected chi connectivity index (χ1v) is 30.8. The number of β-amino-alcohol motifs (C(OH)–C–C–N with tert-alkyl or cyclic N) is 1. The van der Waals surface area contributed by atoms with E-state index in [1.807, 2.05) is 24.8 Å². The number of amides is 1. The SMILES string of the molecule is CNc1ccc(C(=O)CC(O)CCC(C)C2OC(=O)CC(O)CC(=O)CC(O)CC(O)CC(O)CC(O)CC3(O)CC(O)C(C(=O)N4CCN(CCO)CC4)C(CC(O[C@@H]4O[C@H](C)[C@@H](O)[C@H](N)[C@@H]4O)/C=C/C=C/C=C/C=C/C=C/C=C/C=C\C2C)O3)cc1. The lowest BCUT2D eigenvalue weighted by atomic mass is 9.81. The van der Waals surface area contributed by atoms with Gasteiger partial charge in [0.25, 0.3) is 0 Å². The highest BCUT2D eigenvalue weighted by molar-refractivity contribution is 5.96. The summed E-state index contributed by atoms with van der Waals surface area (Å²) in [5, 5.41) is 124. The minimum atomic E-state index is -2.30. The van der Waals surface area contributed by atoms with Gasteiger partial charge in [-0.25, -0.2) is 0 Å². The number of hydrogen-bond donors (Lipinski definition) is 13. The molecule has 88 heavy (non-hydrogen) atoms. The molecule has 0 aliphatic carbocycles. The Morgan fingerprint density at radius 3 is 1.90 bits per heavy atom. The van der Waals surface area contributed by atoms with Gasteiger partial charge >= 0.3 is 5.97 Å². The third-order valence-corrected chi connectivity index (χ3v) is 16.5. The van der Waals surface area contributed by atoms with Gasteiger partial charge in [0.2, 0.25) is 5.91 Å². The van der Waals surface area contributed by atoms with Crippen LogP contribution in [0.2, 0.25) is 0 Å². The first-order valence-electron chi connectivity index (χ1n) is 30.8. The predicted molar refractivity (Wildman–Crippen MR) is 328 cm³/mol. The van der Waals surface area contributed by atoms with Gasteiger partial charge in [0.05, 0.1) is 92.1 Å². The Morgan fingerprint density at radius 1 is 0.727 bits per heavy atom. The third-order valence-electron chi connectivity index (χ3n) is 16.5. The van der Waals surface area contributed by atoms with Crippen molar-refractivity contribution in [3.05, 3.63) is 115 Å². The standard InChI is InChI=1S/C65H98N4O19/c1-41-17-15-13-11-9-7-5-6-8-10-12-14-16-18-53(86-64-61(82)59(66)60(81)43(3)85-64)38-56-58(63(83)69-27-25-68(26-28-69)29-30-70)55(79)40-65(84,88-56)39-52(77)35-50(75)33-48(73)31-47(72)32-49(74)34-51(76)37-57(80)87-62(41)42(2)19-24-46(71)36-54(78)44-20-22-45(67-4)23-21-44/h5-18,20-23,41-43,46-48,50-53,55-56,58-62,64,67,70-73,75-77,79,81-82,84H,19,24-40,66H2,1-4H3/b6-5+,9-7+,10-8+,13-11+,14-12+,17-15-,18-16+/t41?,42?,43-,46?,47?,48?,50?,51?,52?,53?,55?,56?,58?,59+,60-,61+,62?,64+,65?/m1/s1. The average Bonchev–Trinajstić information content (AvgIpc) is 2.33. The molecule has 4 aliphatic heterocycles. The second-order valence-corrected chi connectivity index (χ2v) is 24.0. The first kappa shape index (κ1) is 73.6. The molecular weight excluding hydrogens is 1140 g/mol. The van der Waals surface area contributed by atoms with E-state index in [9.17, 15) is 75.3 Å². The fourth-order valence-electron chi connectivity index (χ4n) is 11.6. The average molecular weight is 1240 g/mol. The number of aliphatic hydroxyl groups is 11. The van der Waals surface area contributed by atoms with E-state index >= 15 is 0 Å². The number of piperazine rings is 1. The maximum absolute atomic E-state index is 14.5. The molecule has 4 aliphatic rings. The van der Waals surface area contributed by atoms with Gasteiger partial charge in [0.15, 0.2) is 17.9 Å². The normalized spacial score (nSPS) is 37.0. The number of carbonyl (C=O) groups excluding carboxylic acids is 4. The molecule has 5 rings (SSSR count). The Labute approximate surface area is 516 Å². The first-order chi connectivity index (χ1) is 41.9. The molecule has 0 radical (unpaired) electrons. The zero-order valence-corrected chi connectivity index (χ0v) is 51.2. The molecule has 3 fully saturated rings. The molecule has 14 unspecified atom stereocenters. The predicted octanol–water partition coefficient (Wildman–Crippen LogP) is 1.80. The van der Waals surface area contributed by atoms with Gasteiger partial charge in [-0.15, -0.1) is 0 Å². The molecule has 492 valence electrons. The van der Waals surface area contributed by atoms with Gasteiger partial charge in [-0.3, -0.25) is 24.1 Å². The van der Waals surface area contributed by atoms with Gasteiger partial charge in [0, 0.05) is 95.5 Å². The van der Waals surface area contributed by atoms with Crippen LogP contribution in [0.25, 0.3) is 0 Å². The monoisotopic (exact) mass is 1240 g/mol. The van der Waals surface area contributed by atoms with E-state index in [2.05, 4.69) is 5.32 Å². The molecular formula is C65H98N4O19. The highest BCUT2D eigenvalue weighted by Gasteiger charge is 2.52. The molecule has 3 saturated heterocycles.